The first-order chi connectivity index (χ1) is 29.1. The van der Waals surface area contributed by atoms with Gasteiger partial charge in [0.1, 0.15) is 36.4 Å². The lowest BCUT2D eigenvalue weighted by Gasteiger charge is -2.09. The number of hydrogen-bond donors (Lipinski definition) is 4. The molecule has 8 rings (SSSR count). The van der Waals surface area contributed by atoms with Crippen LogP contribution in [0.25, 0.3) is 44.8 Å². The molecule has 4 heterocycles. The van der Waals surface area contributed by atoms with Gasteiger partial charge in [-0.2, -0.15) is 10.9 Å². The summed E-state index contributed by atoms with van der Waals surface area (Å²) in [6.07, 6.45) is 1.51. The van der Waals surface area contributed by atoms with E-state index in [-0.39, 0.29) is 12.1 Å². The molecule has 12 heteroatoms. The molecule has 0 radical (unpaired) electrons. The van der Waals surface area contributed by atoms with Crippen LogP contribution in [0.1, 0.15) is 50.5 Å². The molecule has 4 aromatic carbocycles. The van der Waals surface area contributed by atoms with E-state index in [0.29, 0.717) is 13.2 Å². The fourth-order valence-electron chi connectivity index (χ4n) is 6.86. The van der Waals surface area contributed by atoms with E-state index in [1.165, 1.54) is 0 Å². The lowest BCUT2D eigenvalue weighted by atomic mass is 10.1. The van der Waals surface area contributed by atoms with Crippen molar-refractivity contribution in [2.24, 2.45) is 0 Å². The van der Waals surface area contributed by atoms with Crippen LogP contribution in [0.15, 0.2) is 121 Å². The summed E-state index contributed by atoms with van der Waals surface area (Å²) in [4.78, 5) is 26.2. The number of imidazole rings is 2. The standard InChI is InChI=1S/C48H50N10O2/c1-31(2)55-57(5)39-19-25-43-45(27-39)53-47(51-43)33-13-21-41(22-14-33)59-29-37-11-7-9-35(49-37)17-18-36-10-8-12-38(50-36)30-60-42-23-15-34(16-24-42)48-52-44-26-20-40(28-46(44)54-48)58(6)56-32(3)4/h7-16,19-28,31-32,55-56H,5-6,17-18,29-30H2,1-4H3,(H,51,53)(H,52,54)/q+2. The van der Waals surface area contributed by atoms with Crippen LogP contribution in [0.2, 0.25) is 0 Å². The van der Waals surface area contributed by atoms with Crippen molar-refractivity contribution < 1.29 is 18.8 Å². The number of aromatic nitrogens is 6. The minimum absolute atomic E-state index is 0.276. The molecule has 0 amide bonds. The van der Waals surface area contributed by atoms with Crippen LogP contribution in [0.4, 0.5) is 11.4 Å². The van der Waals surface area contributed by atoms with Crippen molar-refractivity contribution in [1.82, 2.24) is 40.8 Å². The van der Waals surface area contributed by atoms with Gasteiger partial charge in [0, 0.05) is 46.8 Å². The van der Waals surface area contributed by atoms with Crippen molar-refractivity contribution in [3.8, 4) is 34.3 Å². The number of hydrogen-bond acceptors (Lipinski definition) is 8. The normalized spacial score (nSPS) is 11.4. The second-order valence-electron chi connectivity index (χ2n) is 15.4. The summed E-state index contributed by atoms with van der Waals surface area (Å²) in [6.45, 7) is 17.2. The molecular formula is C48H50N10O2+2. The molecule has 0 saturated heterocycles. The quantitative estimate of drug-likeness (QED) is 0.0408. The van der Waals surface area contributed by atoms with Gasteiger partial charge in [-0.3, -0.25) is 9.97 Å². The molecule has 0 aliphatic heterocycles. The topological polar surface area (TPSA) is 132 Å². The Bertz CT molecular complexity index is 2580. The molecule has 0 aliphatic carbocycles. The Morgan fingerprint density at radius 3 is 1.32 bits per heavy atom. The number of pyridine rings is 2. The number of nitrogens with zero attached hydrogens (tertiary/aromatic N) is 6. The molecule has 4 aromatic heterocycles. The van der Waals surface area contributed by atoms with Gasteiger partial charge in [-0.25, -0.2) is 9.97 Å². The van der Waals surface area contributed by atoms with Gasteiger partial charge in [0.2, 0.25) is 11.4 Å². The van der Waals surface area contributed by atoms with E-state index in [2.05, 4.69) is 61.9 Å². The predicted octanol–water partition coefficient (Wildman–Crippen LogP) is 9.02. The first kappa shape index (κ1) is 39.5. The zero-order valence-electron chi connectivity index (χ0n) is 34.4. The molecule has 0 bridgehead atoms. The fourth-order valence-corrected chi connectivity index (χ4v) is 6.86. The van der Waals surface area contributed by atoms with Gasteiger partial charge >= 0.3 is 0 Å². The zero-order chi connectivity index (χ0) is 41.6. The molecule has 0 fully saturated rings. The Morgan fingerprint density at radius 2 is 0.917 bits per heavy atom. The maximum Gasteiger partial charge on any atom is 0.236 e. The molecule has 8 aromatic rings. The van der Waals surface area contributed by atoms with Crippen molar-refractivity contribution in [3.63, 3.8) is 0 Å². The van der Waals surface area contributed by atoms with E-state index < -0.39 is 0 Å². The summed E-state index contributed by atoms with van der Waals surface area (Å²) in [5.74, 6) is 3.12. The lowest BCUT2D eigenvalue weighted by Crippen LogP contribution is -2.30. The Hall–Kier alpha value is -7.34. The van der Waals surface area contributed by atoms with E-state index in [9.17, 15) is 0 Å². The summed E-state index contributed by atoms with van der Waals surface area (Å²) in [5, 5.41) is 0. The van der Waals surface area contributed by atoms with Gasteiger partial charge in [0.05, 0.1) is 45.5 Å². The molecule has 0 aliphatic rings. The molecule has 0 saturated carbocycles. The van der Waals surface area contributed by atoms with Crippen LogP contribution in [-0.4, -0.2) is 64.8 Å². The number of nitrogens with one attached hydrogen (secondary N) is 4. The average molecular weight is 799 g/mol. The van der Waals surface area contributed by atoms with E-state index in [4.69, 9.17) is 29.4 Å². The van der Waals surface area contributed by atoms with Crippen molar-refractivity contribution in [1.29, 1.82) is 0 Å². The summed E-state index contributed by atoms with van der Waals surface area (Å²) < 4.78 is 15.8. The second-order valence-corrected chi connectivity index (χ2v) is 15.4. The number of aromatic amines is 2. The van der Waals surface area contributed by atoms with Gasteiger partial charge in [-0.05, 0) is 125 Å². The second kappa shape index (κ2) is 17.7. The van der Waals surface area contributed by atoms with Crippen molar-refractivity contribution in [2.75, 3.05) is 0 Å². The third-order valence-electron chi connectivity index (χ3n) is 9.78. The third-order valence-corrected chi connectivity index (χ3v) is 9.78. The highest BCUT2D eigenvalue weighted by Gasteiger charge is 2.14. The van der Waals surface area contributed by atoms with Crippen LogP contribution < -0.4 is 20.3 Å². The monoisotopic (exact) mass is 798 g/mol. The molecule has 4 N–H and O–H groups in total. The summed E-state index contributed by atoms with van der Waals surface area (Å²) in [7, 11) is 0. The highest BCUT2D eigenvalue weighted by atomic mass is 16.5. The molecule has 60 heavy (non-hydrogen) atoms. The van der Waals surface area contributed by atoms with E-state index in [1.807, 2.05) is 121 Å². The smallest absolute Gasteiger partial charge is 0.236 e. The van der Waals surface area contributed by atoms with Gasteiger partial charge in [0.15, 0.2) is 13.4 Å². The number of hydrazine groups is 2. The third kappa shape index (κ3) is 9.67. The maximum atomic E-state index is 6.13. The highest BCUT2D eigenvalue weighted by molar-refractivity contribution is 5.82. The van der Waals surface area contributed by atoms with Gasteiger partial charge in [0.25, 0.3) is 0 Å². The Kier molecular flexibility index (Phi) is 11.6. The zero-order valence-corrected chi connectivity index (χ0v) is 34.4. The summed E-state index contributed by atoms with van der Waals surface area (Å²) in [5.41, 5.74) is 17.8. The number of benzene rings is 4. The molecular weight excluding hydrogens is 749 g/mol. The Labute approximate surface area is 349 Å². The number of hydrazone groups is 2. The lowest BCUT2D eigenvalue weighted by molar-refractivity contribution is -0.504. The fraction of sp³-hybridized carbons (Fsp3) is 0.208. The predicted molar refractivity (Wildman–Crippen MR) is 238 cm³/mol. The van der Waals surface area contributed by atoms with Crippen LogP contribution >= 0.6 is 0 Å². The van der Waals surface area contributed by atoms with E-state index in [1.54, 1.807) is 9.37 Å². The molecule has 0 unspecified atom stereocenters. The highest BCUT2D eigenvalue weighted by Crippen LogP contribution is 2.27. The Balaban J connectivity index is 0.815. The molecule has 0 atom stereocenters. The van der Waals surface area contributed by atoms with E-state index >= 15 is 0 Å². The SMILES string of the molecule is C=[N+](NC(C)C)c1ccc2nc(-c3ccc(OCc4cccc(CCc5cccc(COc6ccc(-c7nc8ccc([N+](=C)NC(C)C)cc8[nH]7)cc6)n5)n4)cc3)[nH]c2c1. The van der Waals surface area contributed by atoms with Crippen LogP contribution in [0, 0.1) is 0 Å². The number of H-pyrrole nitrogens is 2. The first-order valence-electron chi connectivity index (χ1n) is 20.2. The minimum atomic E-state index is 0.276. The van der Waals surface area contributed by atoms with Crippen LogP contribution in [0.3, 0.4) is 0 Å². The maximum absolute atomic E-state index is 6.13. The summed E-state index contributed by atoms with van der Waals surface area (Å²) in [6, 6.07) is 40.7. The van der Waals surface area contributed by atoms with Gasteiger partial charge in [-0.1, -0.05) is 21.5 Å². The number of fused-ring (bicyclic) bond motifs is 2. The number of aryl methyl sites for hydroxylation is 2. The Morgan fingerprint density at radius 1 is 0.517 bits per heavy atom. The number of rotatable bonds is 17. The summed E-state index contributed by atoms with van der Waals surface area (Å²) >= 11 is 0. The van der Waals surface area contributed by atoms with Crippen LogP contribution in [-0.2, 0) is 26.1 Å². The van der Waals surface area contributed by atoms with Gasteiger partial charge < -0.3 is 19.4 Å². The first-order valence-corrected chi connectivity index (χ1v) is 20.2. The van der Waals surface area contributed by atoms with Gasteiger partial charge in [-0.15, -0.1) is 0 Å². The largest absolute Gasteiger partial charge is 0.487 e. The number of ether oxygens (including phenoxy) is 2. The molecule has 302 valence electrons. The minimum Gasteiger partial charge on any atom is -0.487 e. The molecule has 12 nitrogen and oxygen atoms in total. The van der Waals surface area contributed by atoms with Crippen molar-refractivity contribution in [2.45, 2.75) is 65.8 Å². The molecule has 0 spiro atoms. The van der Waals surface area contributed by atoms with E-state index in [0.717, 1.165) is 103 Å². The van der Waals surface area contributed by atoms with Crippen molar-refractivity contribution >= 4 is 46.9 Å². The van der Waals surface area contributed by atoms with Crippen molar-refractivity contribution in [3.05, 3.63) is 144 Å². The van der Waals surface area contributed by atoms with Crippen LogP contribution in [0.5, 0.6) is 11.5 Å². The average Bonchev–Trinajstić information content (AvgIpc) is 3.89.